The first-order valence-electron chi connectivity index (χ1n) is 13.1. The predicted octanol–water partition coefficient (Wildman–Crippen LogP) is 6.46. The Bertz CT molecular complexity index is 1610. The lowest BCUT2D eigenvalue weighted by molar-refractivity contribution is 0.281. The van der Waals surface area contributed by atoms with E-state index in [0.29, 0.717) is 47.3 Å². The first kappa shape index (κ1) is 29.5. The summed E-state index contributed by atoms with van der Waals surface area (Å²) >= 11 is 12.2. The molecule has 4 aromatic rings. The average molecular weight is 618 g/mol. The van der Waals surface area contributed by atoms with Crippen molar-refractivity contribution in [2.75, 3.05) is 11.4 Å². The first-order chi connectivity index (χ1) is 19.7. The zero-order chi connectivity index (χ0) is 29.1. The Labute approximate surface area is 248 Å². The number of nitrogens with one attached hydrogen (secondary N) is 1. The number of hydrogen-bond donors (Lipinski definition) is 2. The van der Waals surface area contributed by atoms with E-state index in [9.17, 15) is 22.3 Å². The van der Waals surface area contributed by atoms with Gasteiger partial charge in [0.2, 0.25) is 0 Å². The lowest BCUT2D eigenvalue weighted by Crippen LogP contribution is -2.25. The number of hydrogen-bond acceptors (Lipinski definition) is 5. The van der Waals surface area contributed by atoms with Crippen LogP contribution in [0.4, 0.5) is 14.5 Å². The van der Waals surface area contributed by atoms with Crippen molar-refractivity contribution in [3.05, 3.63) is 128 Å². The van der Waals surface area contributed by atoms with E-state index in [4.69, 9.17) is 23.2 Å². The predicted molar refractivity (Wildman–Crippen MR) is 158 cm³/mol. The number of aliphatic hydroxyl groups is 1. The van der Waals surface area contributed by atoms with E-state index >= 15 is 0 Å². The second-order valence-corrected chi connectivity index (χ2v) is 12.9. The number of anilines is 1. The molecule has 2 N–H and O–H groups in total. The van der Waals surface area contributed by atoms with Crippen LogP contribution in [0.2, 0.25) is 10.0 Å². The van der Waals surface area contributed by atoms with Crippen LogP contribution < -0.4 is 10.2 Å². The Morgan fingerprint density at radius 3 is 1.90 bits per heavy atom. The van der Waals surface area contributed by atoms with Gasteiger partial charge >= 0.3 is 0 Å². The van der Waals surface area contributed by atoms with Crippen molar-refractivity contribution < 1.29 is 22.3 Å². The Morgan fingerprint density at radius 2 is 1.39 bits per heavy atom. The number of sulfone groups is 1. The molecule has 5 nitrogen and oxygen atoms in total. The molecule has 1 aliphatic rings. The minimum Gasteiger partial charge on any atom is -0.392 e. The molecule has 1 atom stereocenters. The molecule has 0 spiro atoms. The van der Waals surface area contributed by atoms with Gasteiger partial charge in [0.25, 0.3) is 0 Å². The second-order valence-electron chi connectivity index (χ2n) is 10.0. The summed E-state index contributed by atoms with van der Waals surface area (Å²) in [5, 5.41) is 12.3. The van der Waals surface area contributed by atoms with Crippen LogP contribution in [0.25, 0.3) is 0 Å². The summed E-state index contributed by atoms with van der Waals surface area (Å²) < 4.78 is 55.3. The maximum Gasteiger partial charge on any atom is 0.195 e. The molecular weight excluding hydrogens is 589 g/mol. The summed E-state index contributed by atoms with van der Waals surface area (Å²) in [7, 11) is -3.75. The lowest BCUT2D eigenvalue weighted by atomic mass is 9.99. The minimum atomic E-state index is -3.75. The third kappa shape index (κ3) is 6.90. The van der Waals surface area contributed by atoms with Crippen LogP contribution in [0.5, 0.6) is 0 Å². The van der Waals surface area contributed by atoms with Crippen molar-refractivity contribution in [1.82, 2.24) is 5.32 Å². The van der Waals surface area contributed by atoms with Gasteiger partial charge < -0.3 is 10.0 Å². The molecule has 5 rings (SSSR count). The van der Waals surface area contributed by atoms with Gasteiger partial charge in [0.05, 0.1) is 21.5 Å². The van der Waals surface area contributed by atoms with Gasteiger partial charge in [-0.05, 0) is 77.1 Å². The molecule has 214 valence electrons. The highest BCUT2D eigenvalue weighted by molar-refractivity contribution is 7.92. The van der Waals surface area contributed by atoms with E-state index < -0.39 is 26.8 Å². The van der Waals surface area contributed by atoms with Gasteiger partial charge in [0.1, 0.15) is 17.0 Å². The Kier molecular flexibility index (Phi) is 8.97. The van der Waals surface area contributed by atoms with Gasteiger partial charge in [0, 0.05) is 25.3 Å². The molecule has 1 heterocycles. The number of aliphatic hydroxyl groups excluding tert-OH is 1. The highest BCUT2D eigenvalue weighted by Crippen LogP contribution is 2.36. The summed E-state index contributed by atoms with van der Waals surface area (Å²) in [4.78, 5) is 2.08. The standard InChI is InChI=1S/C31H28Cl2F2N2O3S/c32-25-12-21(7-10-27(25)34)17-37(18-22-8-11-28(35)26(33)13-22)29-14-23(19-38)15-30(41(39,40)31-16-36-31)24(29)9-6-20-4-2-1-3-5-20/h1-5,7-8,10-15,31,36,38H,6,9,16-19H2. The fraction of sp³-hybridized carbons (Fsp3) is 0.226. The first-order valence-corrected chi connectivity index (χ1v) is 15.4. The van der Waals surface area contributed by atoms with Crippen LogP contribution in [-0.4, -0.2) is 25.4 Å². The zero-order valence-corrected chi connectivity index (χ0v) is 24.3. The molecule has 4 aromatic carbocycles. The molecule has 0 bridgehead atoms. The number of benzene rings is 4. The van der Waals surface area contributed by atoms with E-state index in [2.05, 4.69) is 5.32 Å². The molecule has 0 amide bonds. The van der Waals surface area contributed by atoms with Crippen LogP contribution in [0, 0.1) is 11.6 Å². The van der Waals surface area contributed by atoms with E-state index in [0.717, 1.165) is 5.56 Å². The topological polar surface area (TPSA) is 79.6 Å². The monoisotopic (exact) mass is 616 g/mol. The third-order valence-electron chi connectivity index (χ3n) is 7.04. The SMILES string of the molecule is O=S(=O)(c1cc(CO)cc(N(Cc2ccc(F)c(Cl)c2)Cc2ccc(F)c(Cl)c2)c1CCc1ccccc1)C1CN1. The minimum absolute atomic E-state index is 0.0382. The van der Waals surface area contributed by atoms with Crippen molar-refractivity contribution in [1.29, 1.82) is 0 Å². The van der Waals surface area contributed by atoms with Gasteiger partial charge in [-0.2, -0.15) is 0 Å². The highest BCUT2D eigenvalue weighted by atomic mass is 35.5. The van der Waals surface area contributed by atoms with E-state index in [-0.39, 0.29) is 34.6 Å². The molecule has 0 aromatic heterocycles. The highest BCUT2D eigenvalue weighted by Gasteiger charge is 2.38. The van der Waals surface area contributed by atoms with Crippen molar-refractivity contribution in [2.24, 2.45) is 0 Å². The fourth-order valence-electron chi connectivity index (χ4n) is 4.84. The van der Waals surface area contributed by atoms with Crippen LogP contribution >= 0.6 is 23.2 Å². The molecule has 0 aliphatic carbocycles. The van der Waals surface area contributed by atoms with Crippen molar-refractivity contribution in [3.63, 3.8) is 0 Å². The maximum atomic E-state index is 14.0. The van der Waals surface area contributed by atoms with E-state index in [1.807, 2.05) is 35.2 Å². The van der Waals surface area contributed by atoms with Crippen LogP contribution in [0.15, 0.2) is 83.8 Å². The molecule has 1 fully saturated rings. The Balaban J connectivity index is 1.66. The van der Waals surface area contributed by atoms with Crippen LogP contribution in [-0.2, 0) is 42.4 Å². The van der Waals surface area contributed by atoms with Crippen LogP contribution in [0.1, 0.15) is 27.8 Å². The summed E-state index contributed by atoms with van der Waals surface area (Å²) in [5.74, 6) is -1.10. The molecule has 0 radical (unpaired) electrons. The van der Waals surface area contributed by atoms with Crippen molar-refractivity contribution in [2.45, 2.75) is 42.8 Å². The largest absolute Gasteiger partial charge is 0.392 e. The van der Waals surface area contributed by atoms with Gasteiger partial charge in [-0.1, -0.05) is 65.7 Å². The molecular formula is C31H28Cl2F2N2O3S. The lowest BCUT2D eigenvalue weighted by Gasteiger charge is -2.30. The van der Waals surface area contributed by atoms with E-state index in [1.165, 1.54) is 24.3 Å². The number of nitrogens with zero attached hydrogens (tertiary/aromatic N) is 1. The van der Waals surface area contributed by atoms with Crippen LogP contribution in [0.3, 0.4) is 0 Å². The number of aryl methyl sites for hydroxylation is 1. The summed E-state index contributed by atoms with van der Waals surface area (Å²) in [6.45, 7) is 0.433. The zero-order valence-electron chi connectivity index (χ0n) is 22.0. The second kappa shape index (κ2) is 12.5. The van der Waals surface area contributed by atoms with Gasteiger partial charge in [-0.3, -0.25) is 5.32 Å². The molecule has 41 heavy (non-hydrogen) atoms. The molecule has 1 unspecified atom stereocenters. The average Bonchev–Trinajstić information content (AvgIpc) is 3.82. The van der Waals surface area contributed by atoms with Crippen molar-refractivity contribution >= 4 is 38.7 Å². The quantitative estimate of drug-likeness (QED) is 0.189. The molecule has 10 heteroatoms. The third-order valence-corrected chi connectivity index (χ3v) is 9.68. The normalized spacial score (nSPS) is 14.7. The summed E-state index contributed by atoms with van der Waals surface area (Å²) in [5.41, 5.74) is 4.03. The fourth-order valence-corrected chi connectivity index (χ4v) is 6.96. The molecule has 0 saturated carbocycles. The van der Waals surface area contributed by atoms with E-state index in [1.54, 1.807) is 24.3 Å². The smallest absolute Gasteiger partial charge is 0.195 e. The van der Waals surface area contributed by atoms with Crippen molar-refractivity contribution in [3.8, 4) is 0 Å². The Morgan fingerprint density at radius 1 is 0.805 bits per heavy atom. The van der Waals surface area contributed by atoms with Gasteiger partial charge in [-0.15, -0.1) is 0 Å². The summed E-state index contributed by atoms with van der Waals surface area (Å²) in [6.07, 6.45) is 0.975. The number of halogens is 4. The maximum absolute atomic E-state index is 14.0. The Hall–Kier alpha value is -3.01. The molecule has 1 aliphatic heterocycles. The van der Waals surface area contributed by atoms with Gasteiger partial charge in [0.15, 0.2) is 9.84 Å². The van der Waals surface area contributed by atoms with Gasteiger partial charge in [-0.25, -0.2) is 17.2 Å². The summed E-state index contributed by atoms with van der Waals surface area (Å²) in [6, 6.07) is 21.9. The number of rotatable bonds is 11. The molecule has 1 saturated heterocycles.